The van der Waals surface area contributed by atoms with E-state index in [1.807, 2.05) is 0 Å². The van der Waals surface area contributed by atoms with Crippen LogP contribution >= 0.6 is 0 Å². The van der Waals surface area contributed by atoms with Crippen LogP contribution in [0.25, 0.3) is 11.3 Å². The third-order valence-electron chi connectivity index (χ3n) is 5.50. The number of hydrogen-bond donors (Lipinski definition) is 1. The van der Waals surface area contributed by atoms with E-state index < -0.39 is 17.7 Å². The van der Waals surface area contributed by atoms with Gasteiger partial charge in [0.1, 0.15) is 5.69 Å². The fraction of sp³-hybridized carbons (Fsp3) is 0.526. The van der Waals surface area contributed by atoms with E-state index in [0.29, 0.717) is 30.9 Å². The molecular formula is C19H20F4N4O. The van der Waals surface area contributed by atoms with Crippen LogP contribution < -0.4 is 5.32 Å². The molecule has 2 aromatic rings. The van der Waals surface area contributed by atoms with Crippen molar-refractivity contribution < 1.29 is 22.4 Å². The summed E-state index contributed by atoms with van der Waals surface area (Å²) in [6, 6.07) is 1.93. The van der Waals surface area contributed by atoms with E-state index >= 15 is 0 Å². The first-order valence-corrected chi connectivity index (χ1v) is 9.15. The summed E-state index contributed by atoms with van der Waals surface area (Å²) in [5, 5.41) is 7.24. The number of fused-ring (bicyclic) bond motifs is 1. The highest BCUT2D eigenvalue weighted by atomic mass is 19.4. The van der Waals surface area contributed by atoms with Crippen molar-refractivity contribution in [1.82, 2.24) is 20.1 Å². The molecule has 1 aliphatic carbocycles. The third kappa shape index (κ3) is 3.38. The number of nitrogens with one attached hydrogen (secondary N) is 1. The lowest BCUT2D eigenvalue weighted by molar-refractivity contribution is -0.141. The predicted octanol–water partition coefficient (Wildman–Crippen LogP) is 4.10. The second-order valence-electron chi connectivity index (χ2n) is 8.34. The number of amides is 1. The van der Waals surface area contributed by atoms with Gasteiger partial charge in [-0.1, -0.05) is 13.8 Å². The zero-order chi connectivity index (χ0) is 20.3. The summed E-state index contributed by atoms with van der Waals surface area (Å²) in [7, 11) is 0. The van der Waals surface area contributed by atoms with Crippen LogP contribution in [0.3, 0.4) is 0 Å². The van der Waals surface area contributed by atoms with Gasteiger partial charge in [0.15, 0.2) is 5.82 Å². The van der Waals surface area contributed by atoms with Gasteiger partial charge in [-0.2, -0.15) is 18.3 Å². The number of alkyl halides is 3. The Morgan fingerprint density at radius 2 is 2.00 bits per heavy atom. The molecule has 2 aromatic heterocycles. The van der Waals surface area contributed by atoms with E-state index in [4.69, 9.17) is 0 Å². The van der Waals surface area contributed by atoms with Crippen molar-refractivity contribution in [3.05, 3.63) is 35.5 Å². The molecule has 4 rings (SSSR count). The summed E-state index contributed by atoms with van der Waals surface area (Å²) < 4.78 is 54.4. The van der Waals surface area contributed by atoms with Gasteiger partial charge in [0.2, 0.25) is 5.91 Å². The van der Waals surface area contributed by atoms with Crippen molar-refractivity contribution in [3.63, 3.8) is 0 Å². The molecule has 0 unspecified atom stereocenters. The highest BCUT2D eigenvalue weighted by Gasteiger charge is 2.41. The summed E-state index contributed by atoms with van der Waals surface area (Å²) in [5.41, 5.74) is -0.470. The number of pyridine rings is 1. The van der Waals surface area contributed by atoms with Gasteiger partial charge in [0.25, 0.3) is 0 Å². The van der Waals surface area contributed by atoms with Gasteiger partial charge >= 0.3 is 6.18 Å². The fourth-order valence-corrected chi connectivity index (χ4v) is 4.11. The number of carbonyl (C=O) groups is 1. The maximum Gasteiger partial charge on any atom is 0.433 e. The molecule has 3 heterocycles. The lowest BCUT2D eigenvalue weighted by Gasteiger charge is -2.41. The Labute approximate surface area is 159 Å². The van der Waals surface area contributed by atoms with E-state index in [2.05, 4.69) is 29.2 Å². The fourth-order valence-electron chi connectivity index (χ4n) is 4.11. The molecule has 150 valence electrons. The molecule has 0 radical (unpaired) electrons. The van der Waals surface area contributed by atoms with Crippen LogP contribution in [0.2, 0.25) is 0 Å². The summed E-state index contributed by atoms with van der Waals surface area (Å²) >= 11 is 0. The lowest BCUT2D eigenvalue weighted by Crippen LogP contribution is -2.43. The van der Waals surface area contributed by atoms with Crippen LogP contribution in [0, 0.1) is 17.2 Å². The topological polar surface area (TPSA) is 59.8 Å². The van der Waals surface area contributed by atoms with Crippen molar-refractivity contribution in [2.24, 2.45) is 11.3 Å². The van der Waals surface area contributed by atoms with Crippen LogP contribution in [0.1, 0.15) is 50.5 Å². The Kier molecular flexibility index (Phi) is 4.24. The molecule has 1 aliphatic heterocycles. The Balaban J connectivity index is 1.55. The van der Waals surface area contributed by atoms with E-state index in [1.165, 1.54) is 0 Å². The molecule has 9 heteroatoms. The van der Waals surface area contributed by atoms with Gasteiger partial charge in [0.05, 0.1) is 23.6 Å². The number of rotatable bonds is 3. The molecule has 0 spiro atoms. The largest absolute Gasteiger partial charge is 0.433 e. The van der Waals surface area contributed by atoms with Crippen molar-refractivity contribution >= 4 is 5.91 Å². The molecule has 5 nitrogen and oxygen atoms in total. The minimum Gasteiger partial charge on any atom is -0.347 e. The maximum atomic E-state index is 14.1. The standard InChI is InChI=1S/C19H20F4N4O/c1-18(2)7-10(8-18)17(28)25-13-3-4-27-15(13)6-14(26-27)11-5-16(19(21,22)23)24-9-12(11)20/h5-6,9-10,13H,3-4,7-8H2,1-2H3,(H,25,28)/t13-/m0/s1. The molecule has 0 saturated heterocycles. The molecule has 2 aliphatic rings. The minimum atomic E-state index is -4.67. The molecule has 1 saturated carbocycles. The maximum absolute atomic E-state index is 14.1. The Morgan fingerprint density at radius 3 is 2.64 bits per heavy atom. The number of hydrogen-bond acceptors (Lipinski definition) is 3. The number of aromatic nitrogens is 3. The van der Waals surface area contributed by atoms with Crippen molar-refractivity contribution in [1.29, 1.82) is 0 Å². The zero-order valence-corrected chi connectivity index (χ0v) is 15.5. The number of carbonyl (C=O) groups excluding carboxylic acids is 1. The Morgan fingerprint density at radius 1 is 1.29 bits per heavy atom. The van der Waals surface area contributed by atoms with E-state index in [-0.39, 0.29) is 34.5 Å². The first-order valence-electron chi connectivity index (χ1n) is 9.15. The summed E-state index contributed by atoms with van der Waals surface area (Å²) in [4.78, 5) is 15.5. The van der Waals surface area contributed by atoms with Crippen molar-refractivity contribution in [2.45, 2.75) is 51.9 Å². The highest BCUT2D eigenvalue weighted by molar-refractivity contribution is 5.80. The third-order valence-corrected chi connectivity index (χ3v) is 5.50. The molecule has 0 aromatic carbocycles. The van der Waals surface area contributed by atoms with E-state index in [0.717, 1.165) is 12.8 Å². The molecule has 1 amide bonds. The van der Waals surface area contributed by atoms with Crippen molar-refractivity contribution in [3.8, 4) is 11.3 Å². The van der Waals surface area contributed by atoms with Crippen LogP contribution in [-0.4, -0.2) is 20.7 Å². The number of aryl methyl sites for hydroxylation is 1. The number of nitrogens with zero attached hydrogens (tertiary/aromatic N) is 3. The second-order valence-corrected chi connectivity index (χ2v) is 8.34. The monoisotopic (exact) mass is 396 g/mol. The first kappa shape index (κ1) is 18.9. The summed E-state index contributed by atoms with van der Waals surface area (Å²) in [5.74, 6) is -0.907. The number of halogens is 4. The SMILES string of the molecule is CC1(C)CC(C(=O)N[C@H]2CCn3nc(-c4cc(C(F)(F)F)ncc4F)cc32)C1. The normalized spacial score (nSPS) is 21.3. The predicted molar refractivity (Wildman–Crippen MR) is 92.4 cm³/mol. The molecule has 1 fully saturated rings. The van der Waals surface area contributed by atoms with Crippen LogP contribution in [0.4, 0.5) is 17.6 Å². The van der Waals surface area contributed by atoms with E-state index in [9.17, 15) is 22.4 Å². The van der Waals surface area contributed by atoms with E-state index in [1.54, 1.807) is 10.7 Å². The average Bonchev–Trinajstić information content (AvgIpc) is 3.13. The summed E-state index contributed by atoms with van der Waals surface area (Å²) in [6.07, 6.45) is -1.80. The molecule has 1 atom stereocenters. The average molecular weight is 396 g/mol. The Hall–Kier alpha value is -2.45. The minimum absolute atomic E-state index is 0.0153. The quantitative estimate of drug-likeness (QED) is 0.795. The zero-order valence-electron chi connectivity index (χ0n) is 15.5. The van der Waals surface area contributed by atoms with Gasteiger partial charge in [-0.3, -0.25) is 9.48 Å². The lowest BCUT2D eigenvalue weighted by atomic mass is 9.64. The van der Waals surface area contributed by atoms with Crippen LogP contribution in [0.15, 0.2) is 18.3 Å². The van der Waals surface area contributed by atoms with Crippen molar-refractivity contribution in [2.75, 3.05) is 0 Å². The molecule has 1 N–H and O–H groups in total. The van der Waals surface area contributed by atoms with Gasteiger partial charge in [-0.25, -0.2) is 9.37 Å². The molecule has 28 heavy (non-hydrogen) atoms. The van der Waals surface area contributed by atoms with Gasteiger partial charge in [-0.05, 0) is 36.8 Å². The highest BCUT2D eigenvalue weighted by Crippen LogP contribution is 2.45. The van der Waals surface area contributed by atoms with Gasteiger partial charge < -0.3 is 5.32 Å². The van der Waals surface area contributed by atoms with Gasteiger partial charge in [-0.15, -0.1) is 0 Å². The van der Waals surface area contributed by atoms with Crippen LogP contribution in [0.5, 0.6) is 0 Å². The second kappa shape index (κ2) is 6.28. The first-order chi connectivity index (χ1) is 13.0. The smallest absolute Gasteiger partial charge is 0.347 e. The van der Waals surface area contributed by atoms with Crippen LogP contribution in [-0.2, 0) is 17.5 Å². The van der Waals surface area contributed by atoms with Gasteiger partial charge in [0, 0.05) is 18.0 Å². The summed E-state index contributed by atoms with van der Waals surface area (Å²) in [6.45, 7) is 4.74. The molecular weight excluding hydrogens is 376 g/mol. The Bertz CT molecular complexity index is 927. The molecule has 0 bridgehead atoms.